The van der Waals surface area contributed by atoms with Gasteiger partial charge in [0, 0.05) is 12.7 Å². The number of nitrogens with zero attached hydrogens (tertiary/aromatic N) is 3. The first-order valence-electron chi connectivity index (χ1n) is 10.3. The second kappa shape index (κ2) is 10.4. The molecule has 0 aliphatic rings. The van der Waals surface area contributed by atoms with Gasteiger partial charge in [-0.1, -0.05) is 36.9 Å². The average Bonchev–Trinajstić information content (AvgIpc) is 3.09. The predicted molar refractivity (Wildman–Crippen MR) is 124 cm³/mol. The van der Waals surface area contributed by atoms with Gasteiger partial charge in [0.05, 0.1) is 17.4 Å². The van der Waals surface area contributed by atoms with Crippen LogP contribution in [0.2, 0.25) is 0 Å². The number of halogens is 1. The molecule has 0 spiro atoms. The third kappa shape index (κ3) is 5.73. The predicted octanol–water partition coefficient (Wildman–Crippen LogP) is 4.26. The molecule has 3 rings (SSSR count). The molecule has 0 saturated carbocycles. The number of thioether (sulfide) groups is 1. The summed E-state index contributed by atoms with van der Waals surface area (Å²) in [5.74, 6) is -0.529. The Labute approximate surface area is 190 Å². The molecule has 0 fully saturated rings. The lowest BCUT2D eigenvalue weighted by Crippen LogP contribution is -2.25. The number of para-hydroxylation sites is 1. The number of amides is 2. The van der Waals surface area contributed by atoms with Crippen molar-refractivity contribution in [2.24, 2.45) is 7.05 Å². The topological polar surface area (TPSA) is 88.9 Å². The fourth-order valence-corrected chi connectivity index (χ4v) is 3.93. The number of anilines is 2. The van der Waals surface area contributed by atoms with Crippen molar-refractivity contribution in [1.82, 2.24) is 14.8 Å². The number of carbonyl (C=O) groups is 2. The van der Waals surface area contributed by atoms with Crippen LogP contribution in [0, 0.1) is 19.7 Å². The van der Waals surface area contributed by atoms with Gasteiger partial charge in [0.1, 0.15) is 11.6 Å². The number of carbonyl (C=O) groups excluding carboxylic acids is 2. The zero-order valence-corrected chi connectivity index (χ0v) is 19.3. The lowest BCUT2D eigenvalue weighted by Gasteiger charge is -2.14. The van der Waals surface area contributed by atoms with Gasteiger partial charge < -0.3 is 15.2 Å². The van der Waals surface area contributed by atoms with E-state index in [2.05, 4.69) is 20.8 Å². The van der Waals surface area contributed by atoms with Gasteiger partial charge in [-0.25, -0.2) is 4.39 Å². The number of benzene rings is 2. The molecule has 0 aliphatic heterocycles. The number of rotatable bonds is 8. The Morgan fingerprint density at radius 1 is 1.09 bits per heavy atom. The van der Waals surface area contributed by atoms with Gasteiger partial charge in [0.15, 0.2) is 5.16 Å². The van der Waals surface area contributed by atoms with Gasteiger partial charge in [-0.05, 0) is 55.7 Å². The molecule has 0 saturated heterocycles. The summed E-state index contributed by atoms with van der Waals surface area (Å²) in [5.41, 5.74) is 3.12. The van der Waals surface area contributed by atoms with E-state index in [1.165, 1.54) is 23.9 Å². The summed E-state index contributed by atoms with van der Waals surface area (Å²) in [7, 11) is 1.75. The van der Waals surface area contributed by atoms with Crippen LogP contribution in [0.15, 0.2) is 47.6 Å². The Bertz CT molecular complexity index is 1130. The van der Waals surface area contributed by atoms with Crippen LogP contribution in [0.5, 0.6) is 0 Å². The maximum Gasteiger partial charge on any atom is 0.238 e. The van der Waals surface area contributed by atoms with Gasteiger partial charge in [-0.2, -0.15) is 0 Å². The molecule has 1 heterocycles. The molecule has 0 unspecified atom stereocenters. The lowest BCUT2D eigenvalue weighted by molar-refractivity contribution is -0.116. The Morgan fingerprint density at radius 3 is 2.53 bits per heavy atom. The van der Waals surface area contributed by atoms with Crippen molar-refractivity contribution in [1.29, 1.82) is 0 Å². The van der Waals surface area contributed by atoms with E-state index in [0.717, 1.165) is 16.8 Å². The summed E-state index contributed by atoms with van der Waals surface area (Å²) >= 11 is 1.23. The van der Waals surface area contributed by atoms with Gasteiger partial charge in [0.2, 0.25) is 11.8 Å². The monoisotopic (exact) mass is 455 g/mol. The van der Waals surface area contributed by atoms with Crippen LogP contribution >= 0.6 is 11.8 Å². The summed E-state index contributed by atoms with van der Waals surface area (Å²) in [6.07, 6.45) is 0.565. The molecule has 2 aromatic carbocycles. The van der Waals surface area contributed by atoms with Crippen molar-refractivity contribution in [2.75, 3.05) is 10.6 Å². The second-order valence-electron chi connectivity index (χ2n) is 7.47. The number of hydrogen-bond acceptors (Lipinski definition) is 5. The number of aryl methyl sites for hydroxylation is 2. The highest BCUT2D eigenvalue weighted by atomic mass is 32.2. The Hall–Kier alpha value is -3.20. The largest absolute Gasteiger partial charge is 0.326 e. The molecular weight excluding hydrogens is 429 g/mol. The van der Waals surface area contributed by atoms with Gasteiger partial charge in [-0.15, -0.1) is 10.2 Å². The first kappa shape index (κ1) is 23.5. The van der Waals surface area contributed by atoms with Crippen molar-refractivity contribution in [3.8, 4) is 0 Å². The van der Waals surface area contributed by atoms with Crippen LogP contribution in [-0.4, -0.2) is 31.8 Å². The van der Waals surface area contributed by atoms with Gasteiger partial charge in [-0.3, -0.25) is 9.59 Å². The van der Waals surface area contributed by atoms with Crippen LogP contribution in [-0.2, 0) is 23.1 Å². The zero-order chi connectivity index (χ0) is 23.3. The van der Waals surface area contributed by atoms with Crippen LogP contribution in [0.1, 0.15) is 30.3 Å². The fraction of sp³-hybridized carbons (Fsp3) is 0.304. The van der Waals surface area contributed by atoms with E-state index in [1.807, 2.05) is 39.0 Å². The number of aromatic nitrogens is 3. The minimum atomic E-state index is -0.491. The van der Waals surface area contributed by atoms with Crippen LogP contribution in [0.4, 0.5) is 15.8 Å². The fourth-order valence-electron chi connectivity index (χ4n) is 2.99. The van der Waals surface area contributed by atoms with E-state index in [4.69, 9.17) is 0 Å². The van der Waals surface area contributed by atoms with Crippen molar-refractivity contribution in [3.63, 3.8) is 0 Å². The summed E-state index contributed by atoms with van der Waals surface area (Å²) in [6.45, 7) is 5.87. The SMILES string of the molecule is CC[C@@H](Sc1nnc(CC(=O)Nc2ccc(C)c(C)c2)n1C)C(=O)Nc1ccccc1F. The Kier molecular flexibility index (Phi) is 7.63. The van der Waals surface area contributed by atoms with E-state index in [1.54, 1.807) is 23.7 Å². The van der Waals surface area contributed by atoms with E-state index in [9.17, 15) is 14.0 Å². The molecule has 3 aromatic rings. The van der Waals surface area contributed by atoms with Crippen LogP contribution in [0.3, 0.4) is 0 Å². The maximum absolute atomic E-state index is 13.8. The van der Waals surface area contributed by atoms with Crippen molar-refractivity contribution in [3.05, 3.63) is 65.2 Å². The summed E-state index contributed by atoms with van der Waals surface area (Å²) < 4.78 is 15.5. The minimum absolute atomic E-state index is 0.0508. The molecule has 1 aromatic heterocycles. The normalized spacial score (nSPS) is 11.8. The average molecular weight is 456 g/mol. The molecule has 1 atom stereocenters. The van der Waals surface area contributed by atoms with E-state index in [0.29, 0.717) is 17.4 Å². The Morgan fingerprint density at radius 2 is 1.84 bits per heavy atom. The first-order chi connectivity index (χ1) is 15.3. The highest BCUT2D eigenvalue weighted by molar-refractivity contribution is 8.00. The zero-order valence-electron chi connectivity index (χ0n) is 18.5. The quantitative estimate of drug-likeness (QED) is 0.496. The van der Waals surface area contributed by atoms with E-state index >= 15 is 0 Å². The smallest absolute Gasteiger partial charge is 0.238 e. The standard InChI is InChI=1S/C23H26FN5O2S/c1-5-19(22(31)26-18-9-7-6-8-17(18)24)32-23-28-27-20(29(23)4)13-21(30)25-16-11-10-14(2)15(3)12-16/h6-12,19H,5,13H2,1-4H3,(H,25,30)(H,26,31)/t19-/m1/s1. The van der Waals surface area contributed by atoms with E-state index < -0.39 is 11.1 Å². The molecule has 7 nitrogen and oxygen atoms in total. The van der Waals surface area contributed by atoms with Gasteiger partial charge in [0.25, 0.3) is 0 Å². The molecule has 0 bridgehead atoms. The first-order valence-corrected chi connectivity index (χ1v) is 11.1. The molecule has 2 amide bonds. The highest BCUT2D eigenvalue weighted by Crippen LogP contribution is 2.26. The van der Waals surface area contributed by atoms with Crippen LogP contribution < -0.4 is 10.6 Å². The number of hydrogen-bond donors (Lipinski definition) is 2. The van der Waals surface area contributed by atoms with Crippen molar-refractivity contribution in [2.45, 2.75) is 44.0 Å². The third-order valence-corrected chi connectivity index (χ3v) is 6.48. The molecule has 0 radical (unpaired) electrons. The van der Waals surface area contributed by atoms with Crippen molar-refractivity contribution >= 4 is 35.0 Å². The minimum Gasteiger partial charge on any atom is -0.326 e. The molecule has 32 heavy (non-hydrogen) atoms. The van der Waals surface area contributed by atoms with Crippen LogP contribution in [0.25, 0.3) is 0 Å². The molecule has 2 N–H and O–H groups in total. The summed E-state index contributed by atoms with van der Waals surface area (Å²) in [6, 6.07) is 11.8. The molecule has 9 heteroatoms. The Balaban J connectivity index is 1.63. The molecular formula is C23H26FN5O2S. The molecule has 0 aliphatic carbocycles. The lowest BCUT2D eigenvalue weighted by atomic mass is 10.1. The van der Waals surface area contributed by atoms with E-state index in [-0.39, 0.29) is 23.9 Å². The third-order valence-electron chi connectivity index (χ3n) is 5.08. The number of nitrogens with one attached hydrogen (secondary N) is 2. The molecule has 168 valence electrons. The van der Waals surface area contributed by atoms with Crippen molar-refractivity contribution < 1.29 is 14.0 Å². The summed E-state index contributed by atoms with van der Waals surface area (Å²) in [4.78, 5) is 25.1. The highest BCUT2D eigenvalue weighted by Gasteiger charge is 2.23. The summed E-state index contributed by atoms with van der Waals surface area (Å²) in [5, 5.41) is 13.8. The van der Waals surface area contributed by atoms with Gasteiger partial charge >= 0.3 is 0 Å². The second-order valence-corrected chi connectivity index (χ2v) is 8.64. The maximum atomic E-state index is 13.8.